The fraction of sp³-hybridized carbons (Fsp3) is 0.600. The number of nitrogen functional groups attached to an aromatic ring is 1. The summed E-state index contributed by atoms with van der Waals surface area (Å²) in [5.41, 5.74) is 6.97. The molecule has 1 aliphatic rings. The van der Waals surface area contributed by atoms with Crippen molar-refractivity contribution in [3.63, 3.8) is 0 Å². The summed E-state index contributed by atoms with van der Waals surface area (Å²) in [6.45, 7) is 3.95. The van der Waals surface area contributed by atoms with Gasteiger partial charge in [0.1, 0.15) is 0 Å². The SMILES string of the molecule is CCC1CCCC(NS(=O)(=O)c2cc(N)c(Br)cc2C)C1. The van der Waals surface area contributed by atoms with E-state index in [0.29, 0.717) is 17.2 Å². The molecule has 0 spiro atoms. The minimum absolute atomic E-state index is 0.0398. The summed E-state index contributed by atoms with van der Waals surface area (Å²) in [5, 5.41) is 0. The molecule has 0 saturated heterocycles. The zero-order chi connectivity index (χ0) is 15.6. The highest BCUT2D eigenvalue weighted by Crippen LogP contribution is 2.30. The number of anilines is 1. The highest BCUT2D eigenvalue weighted by molar-refractivity contribution is 9.10. The molecule has 1 fully saturated rings. The fourth-order valence-electron chi connectivity index (χ4n) is 3.01. The lowest BCUT2D eigenvalue weighted by Gasteiger charge is -2.29. The van der Waals surface area contributed by atoms with Crippen molar-refractivity contribution >= 4 is 31.6 Å². The summed E-state index contributed by atoms with van der Waals surface area (Å²) in [7, 11) is -3.51. The summed E-state index contributed by atoms with van der Waals surface area (Å²) in [6.07, 6.45) is 5.26. The minimum atomic E-state index is -3.51. The lowest BCUT2D eigenvalue weighted by atomic mass is 9.85. The summed E-state index contributed by atoms with van der Waals surface area (Å²) in [5.74, 6) is 0.627. The monoisotopic (exact) mass is 374 g/mol. The Morgan fingerprint density at radius 2 is 2.10 bits per heavy atom. The van der Waals surface area contributed by atoms with Crippen LogP contribution in [0.1, 0.15) is 44.6 Å². The van der Waals surface area contributed by atoms with Gasteiger partial charge < -0.3 is 5.73 Å². The highest BCUT2D eigenvalue weighted by Gasteiger charge is 2.27. The van der Waals surface area contributed by atoms with Gasteiger partial charge in [-0.25, -0.2) is 13.1 Å². The Morgan fingerprint density at radius 3 is 2.76 bits per heavy atom. The van der Waals surface area contributed by atoms with Crippen molar-refractivity contribution in [2.45, 2.75) is 56.9 Å². The van der Waals surface area contributed by atoms with Gasteiger partial charge in [0.15, 0.2) is 0 Å². The number of benzene rings is 1. The normalized spacial score (nSPS) is 23.2. The van der Waals surface area contributed by atoms with Gasteiger partial charge in [-0.3, -0.25) is 0 Å². The smallest absolute Gasteiger partial charge is 0.241 e. The zero-order valence-corrected chi connectivity index (χ0v) is 14.9. The Labute approximate surface area is 135 Å². The Kier molecular flexibility index (Phi) is 5.33. The van der Waals surface area contributed by atoms with Gasteiger partial charge in [0, 0.05) is 16.2 Å². The molecule has 0 bridgehead atoms. The van der Waals surface area contributed by atoms with E-state index in [9.17, 15) is 8.42 Å². The van der Waals surface area contributed by atoms with Crippen LogP contribution in [0.3, 0.4) is 0 Å². The molecule has 1 aliphatic carbocycles. The van der Waals surface area contributed by atoms with Gasteiger partial charge in [-0.2, -0.15) is 0 Å². The van der Waals surface area contributed by atoms with Gasteiger partial charge in [0.05, 0.1) is 4.90 Å². The molecular formula is C15H23BrN2O2S. The molecule has 4 nitrogen and oxygen atoms in total. The molecule has 6 heteroatoms. The Morgan fingerprint density at radius 1 is 1.38 bits per heavy atom. The van der Waals surface area contributed by atoms with Gasteiger partial charge >= 0.3 is 0 Å². The fourth-order valence-corrected chi connectivity index (χ4v) is 5.01. The standard InChI is InChI=1S/C15H23BrN2O2S/c1-3-11-5-4-6-12(8-11)18-21(19,20)15-9-14(17)13(16)7-10(15)2/h7,9,11-12,18H,3-6,8,17H2,1-2H3. The first kappa shape index (κ1) is 16.8. The van der Waals surface area contributed by atoms with Crippen LogP contribution in [0, 0.1) is 12.8 Å². The van der Waals surface area contributed by atoms with Gasteiger partial charge in [-0.1, -0.05) is 26.2 Å². The average Bonchev–Trinajstić information content (AvgIpc) is 2.42. The lowest BCUT2D eigenvalue weighted by molar-refractivity contribution is 0.301. The van der Waals surface area contributed by atoms with Crippen molar-refractivity contribution in [3.05, 3.63) is 22.2 Å². The molecule has 1 saturated carbocycles. The van der Waals surface area contributed by atoms with Crippen LogP contribution >= 0.6 is 15.9 Å². The number of nitrogens with two attached hydrogens (primary N) is 1. The van der Waals surface area contributed by atoms with E-state index in [1.807, 2.05) is 0 Å². The van der Waals surface area contributed by atoms with Crippen molar-refractivity contribution in [1.29, 1.82) is 0 Å². The summed E-state index contributed by atoms with van der Waals surface area (Å²) >= 11 is 3.32. The molecule has 0 heterocycles. The number of sulfonamides is 1. The number of nitrogens with one attached hydrogen (secondary N) is 1. The quantitative estimate of drug-likeness (QED) is 0.790. The van der Waals surface area contributed by atoms with Crippen LogP contribution in [0.25, 0.3) is 0 Å². The molecule has 3 N–H and O–H groups in total. The van der Waals surface area contributed by atoms with Crippen LogP contribution in [0.5, 0.6) is 0 Å². The zero-order valence-electron chi connectivity index (χ0n) is 12.5. The predicted octanol–water partition coefficient (Wildman–Crippen LogP) is 3.59. The van der Waals surface area contributed by atoms with E-state index in [1.165, 1.54) is 12.5 Å². The molecule has 1 aromatic carbocycles. The molecule has 0 amide bonds. The largest absolute Gasteiger partial charge is 0.398 e. The first-order valence-corrected chi connectivity index (χ1v) is 9.69. The van der Waals surface area contributed by atoms with Crippen molar-refractivity contribution < 1.29 is 8.42 Å². The molecule has 1 aromatic rings. The molecule has 21 heavy (non-hydrogen) atoms. The van der Waals surface area contributed by atoms with E-state index in [0.717, 1.165) is 30.2 Å². The second-order valence-electron chi connectivity index (χ2n) is 5.90. The Hall–Kier alpha value is -0.590. The minimum Gasteiger partial charge on any atom is -0.398 e. The summed E-state index contributed by atoms with van der Waals surface area (Å²) in [4.78, 5) is 0.279. The number of aryl methyl sites for hydroxylation is 1. The predicted molar refractivity (Wildman–Crippen MR) is 89.6 cm³/mol. The van der Waals surface area contributed by atoms with Gasteiger partial charge in [0.2, 0.25) is 10.0 Å². The van der Waals surface area contributed by atoms with Crippen LogP contribution < -0.4 is 10.5 Å². The molecule has 2 rings (SSSR count). The van der Waals surface area contributed by atoms with E-state index < -0.39 is 10.0 Å². The van der Waals surface area contributed by atoms with E-state index in [-0.39, 0.29) is 10.9 Å². The van der Waals surface area contributed by atoms with Crippen LogP contribution in [0.15, 0.2) is 21.5 Å². The van der Waals surface area contributed by atoms with Crippen LogP contribution in [-0.4, -0.2) is 14.5 Å². The molecule has 2 atom stereocenters. The van der Waals surface area contributed by atoms with Crippen molar-refractivity contribution in [2.24, 2.45) is 5.92 Å². The maximum absolute atomic E-state index is 12.6. The molecular weight excluding hydrogens is 352 g/mol. The average molecular weight is 375 g/mol. The maximum Gasteiger partial charge on any atom is 0.241 e. The van der Waals surface area contributed by atoms with E-state index >= 15 is 0 Å². The molecule has 118 valence electrons. The second-order valence-corrected chi connectivity index (χ2v) is 8.44. The highest BCUT2D eigenvalue weighted by atomic mass is 79.9. The summed E-state index contributed by atoms with van der Waals surface area (Å²) in [6, 6.07) is 3.32. The first-order chi connectivity index (χ1) is 9.83. The third-order valence-corrected chi connectivity index (χ3v) is 6.61. The maximum atomic E-state index is 12.6. The van der Waals surface area contributed by atoms with E-state index in [1.54, 1.807) is 13.0 Å². The van der Waals surface area contributed by atoms with Crippen LogP contribution in [0.4, 0.5) is 5.69 Å². The lowest BCUT2D eigenvalue weighted by Crippen LogP contribution is -2.38. The van der Waals surface area contributed by atoms with Crippen LogP contribution in [0.2, 0.25) is 0 Å². The molecule has 0 aromatic heterocycles. The second kappa shape index (κ2) is 6.67. The Bertz CT molecular complexity index is 616. The number of halogens is 1. The number of hydrogen-bond donors (Lipinski definition) is 2. The first-order valence-electron chi connectivity index (χ1n) is 7.41. The molecule has 2 unspecified atom stereocenters. The van der Waals surface area contributed by atoms with Crippen molar-refractivity contribution in [3.8, 4) is 0 Å². The van der Waals surface area contributed by atoms with E-state index in [4.69, 9.17) is 5.73 Å². The number of hydrogen-bond acceptors (Lipinski definition) is 3. The van der Waals surface area contributed by atoms with Crippen molar-refractivity contribution in [2.75, 3.05) is 5.73 Å². The van der Waals surface area contributed by atoms with Gasteiger partial charge in [0.25, 0.3) is 0 Å². The Balaban J connectivity index is 2.20. The van der Waals surface area contributed by atoms with Gasteiger partial charge in [-0.05, 0) is 59.3 Å². The molecule has 0 aliphatic heterocycles. The molecule has 0 radical (unpaired) electrons. The topological polar surface area (TPSA) is 72.2 Å². The summed E-state index contributed by atoms with van der Waals surface area (Å²) < 4.78 is 28.8. The van der Waals surface area contributed by atoms with Crippen LogP contribution in [-0.2, 0) is 10.0 Å². The van der Waals surface area contributed by atoms with E-state index in [2.05, 4.69) is 27.6 Å². The number of rotatable bonds is 4. The van der Waals surface area contributed by atoms with Gasteiger partial charge in [-0.15, -0.1) is 0 Å². The third-order valence-electron chi connectivity index (χ3n) is 4.27. The third kappa shape index (κ3) is 3.99. The van der Waals surface area contributed by atoms with Crippen molar-refractivity contribution in [1.82, 2.24) is 4.72 Å².